The van der Waals surface area contributed by atoms with Gasteiger partial charge in [-0.05, 0) is 58.7 Å². The van der Waals surface area contributed by atoms with Gasteiger partial charge in [0.1, 0.15) is 5.82 Å². The van der Waals surface area contributed by atoms with E-state index in [9.17, 15) is 13.2 Å². The molecule has 0 spiro atoms. The Morgan fingerprint density at radius 1 is 0.743 bits per heavy atom. The molecular weight excluding hydrogens is 449 g/mol. The van der Waals surface area contributed by atoms with Gasteiger partial charge in [-0.15, -0.1) is 0 Å². The molecule has 4 N–H and O–H groups in total. The van der Waals surface area contributed by atoms with E-state index in [1.54, 1.807) is 0 Å². The number of nitrogen functional groups attached to an aromatic ring is 1. The highest BCUT2D eigenvalue weighted by molar-refractivity contribution is 5.81. The number of nitrogens with two attached hydrogens (primary N) is 1. The summed E-state index contributed by atoms with van der Waals surface area (Å²) in [6.07, 6.45) is -4.39. The van der Waals surface area contributed by atoms with Crippen LogP contribution in [-0.2, 0) is 19.3 Å². The van der Waals surface area contributed by atoms with E-state index in [0.29, 0.717) is 16.9 Å². The fraction of sp³-hybridized carbons (Fsp3) is 0.107. The van der Waals surface area contributed by atoms with Gasteiger partial charge in [-0.25, -0.2) is 4.98 Å². The topological polar surface area (TPSA) is 66.7 Å². The van der Waals surface area contributed by atoms with Gasteiger partial charge in [0.15, 0.2) is 0 Å². The quantitative estimate of drug-likeness (QED) is 0.239. The lowest BCUT2D eigenvalue weighted by Gasteiger charge is -2.08. The van der Waals surface area contributed by atoms with Crippen molar-refractivity contribution >= 4 is 16.7 Å². The Kier molecular flexibility index (Phi) is 6.01. The average molecular weight is 473 g/mol. The third-order valence-corrected chi connectivity index (χ3v) is 5.84. The van der Waals surface area contributed by atoms with Gasteiger partial charge >= 0.3 is 6.18 Å². The first-order chi connectivity index (χ1) is 16.8. The zero-order chi connectivity index (χ0) is 24.4. The third kappa shape index (κ3) is 5.20. The van der Waals surface area contributed by atoms with Gasteiger partial charge in [-0.3, -0.25) is 0 Å². The Bertz CT molecular complexity index is 1470. The second-order valence-corrected chi connectivity index (χ2v) is 8.44. The van der Waals surface area contributed by atoms with Crippen LogP contribution in [-0.4, -0.2) is 9.97 Å². The number of alkyl halides is 3. The molecular formula is C28H23F3N4. The van der Waals surface area contributed by atoms with Gasteiger partial charge in [0, 0.05) is 24.3 Å². The molecule has 0 atom stereocenters. The fourth-order valence-electron chi connectivity index (χ4n) is 4.04. The van der Waals surface area contributed by atoms with Gasteiger partial charge in [-0.2, -0.15) is 13.2 Å². The molecule has 0 saturated carbocycles. The van der Waals surface area contributed by atoms with Crippen molar-refractivity contribution in [3.8, 4) is 22.5 Å². The molecule has 5 aromatic rings. The van der Waals surface area contributed by atoms with E-state index < -0.39 is 11.7 Å². The first-order valence-electron chi connectivity index (χ1n) is 11.2. The molecule has 1 aromatic heterocycles. The summed E-state index contributed by atoms with van der Waals surface area (Å²) in [5, 5.41) is 3.42. The van der Waals surface area contributed by atoms with Gasteiger partial charge in [0.25, 0.3) is 0 Å². The van der Waals surface area contributed by atoms with Crippen LogP contribution in [0.15, 0.2) is 91.0 Å². The number of halogens is 3. The van der Waals surface area contributed by atoms with Crippen LogP contribution in [0.1, 0.15) is 16.7 Å². The molecule has 7 heteroatoms. The molecule has 0 amide bonds. The minimum absolute atomic E-state index is 0.357. The molecule has 1 heterocycles. The zero-order valence-corrected chi connectivity index (χ0v) is 18.7. The van der Waals surface area contributed by atoms with Crippen molar-refractivity contribution in [3.05, 3.63) is 108 Å². The fourth-order valence-corrected chi connectivity index (χ4v) is 4.04. The average Bonchev–Trinajstić information content (AvgIpc) is 3.28. The predicted octanol–water partition coefficient (Wildman–Crippen LogP) is 6.79. The Hall–Kier alpha value is -4.10. The van der Waals surface area contributed by atoms with E-state index in [-0.39, 0.29) is 0 Å². The molecule has 4 aromatic carbocycles. The van der Waals surface area contributed by atoms with Gasteiger partial charge in [-0.1, -0.05) is 54.6 Å². The number of anilines is 1. The summed E-state index contributed by atoms with van der Waals surface area (Å²) in [6, 6.07) is 27.4. The number of aromatic amines is 1. The van der Waals surface area contributed by atoms with Crippen molar-refractivity contribution in [3.63, 3.8) is 0 Å². The highest BCUT2D eigenvalue weighted by Gasteiger charge is 2.30. The molecule has 4 nitrogen and oxygen atoms in total. The SMILES string of the molecule is Nc1cccc(CNCc2ccc(-c3cccc(-c4nc5ccc(C(F)(F)F)cc5[nH]4)c3)cc2)c1. The van der Waals surface area contributed by atoms with Gasteiger partial charge in [0.2, 0.25) is 0 Å². The van der Waals surface area contributed by atoms with E-state index in [4.69, 9.17) is 5.73 Å². The van der Waals surface area contributed by atoms with Crippen molar-refractivity contribution in [2.24, 2.45) is 0 Å². The normalized spacial score (nSPS) is 11.7. The predicted molar refractivity (Wildman–Crippen MR) is 133 cm³/mol. The van der Waals surface area contributed by atoms with Crippen LogP contribution >= 0.6 is 0 Å². The van der Waals surface area contributed by atoms with Crippen LogP contribution < -0.4 is 11.1 Å². The number of aromatic nitrogens is 2. The maximum Gasteiger partial charge on any atom is 0.416 e. The molecule has 0 aliphatic carbocycles. The maximum absolute atomic E-state index is 13.0. The Morgan fingerprint density at radius 3 is 2.26 bits per heavy atom. The summed E-state index contributed by atoms with van der Waals surface area (Å²) < 4.78 is 39.1. The minimum Gasteiger partial charge on any atom is -0.399 e. The first kappa shape index (κ1) is 22.7. The van der Waals surface area contributed by atoms with Crippen molar-refractivity contribution in [2.75, 3.05) is 5.73 Å². The summed E-state index contributed by atoms with van der Waals surface area (Å²) in [7, 11) is 0. The lowest BCUT2D eigenvalue weighted by molar-refractivity contribution is -0.137. The van der Waals surface area contributed by atoms with Crippen molar-refractivity contribution in [1.82, 2.24) is 15.3 Å². The van der Waals surface area contributed by atoms with E-state index in [1.165, 1.54) is 6.07 Å². The van der Waals surface area contributed by atoms with Crippen molar-refractivity contribution in [2.45, 2.75) is 19.3 Å². The number of nitrogens with one attached hydrogen (secondary N) is 2. The van der Waals surface area contributed by atoms with Crippen LogP contribution in [0.25, 0.3) is 33.5 Å². The van der Waals surface area contributed by atoms with Crippen LogP contribution in [0.2, 0.25) is 0 Å². The molecule has 0 bridgehead atoms. The van der Waals surface area contributed by atoms with E-state index in [1.807, 2.05) is 48.5 Å². The molecule has 0 radical (unpaired) electrons. The standard InChI is InChI=1S/C28H23F3N4/c29-28(30,31)23-11-12-25-26(15-23)35-27(34-25)22-5-2-4-21(14-22)20-9-7-18(8-10-20)16-33-17-19-3-1-6-24(32)13-19/h1-15,33H,16-17,32H2,(H,34,35). The first-order valence-corrected chi connectivity index (χ1v) is 11.2. The highest BCUT2D eigenvalue weighted by Crippen LogP contribution is 2.32. The number of fused-ring (bicyclic) bond motifs is 1. The molecule has 0 saturated heterocycles. The van der Waals surface area contributed by atoms with Crippen molar-refractivity contribution < 1.29 is 13.2 Å². The molecule has 35 heavy (non-hydrogen) atoms. The number of benzene rings is 4. The molecule has 0 aliphatic heterocycles. The van der Waals surface area contributed by atoms with Crippen LogP contribution in [0.4, 0.5) is 18.9 Å². The second-order valence-electron chi connectivity index (χ2n) is 8.44. The largest absolute Gasteiger partial charge is 0.416 e. The van der Waals surface area contributed by atoms with Crippen LogP contribution in [0.3, 0.4) is 0 Å². The van der Waals surface area contributed by atoms with E-state index in [2.05, 4.69) is 39.6 Å². The van der Waals surface area contributed by atoms with Gasteiger partial charge < -0.3 is 16.0 Å². The number of hydrogen-bond acceptors (Lipinski definition) is 3. The maximum atomic E-state index is 13.0. The summed E-state index contributed by atoms with van der Waals surface area (Å²) >= 11 is 0. The zero-order valence-electron chi connectivity index (χ0n) is 18.7. The van der Waals surface area contributed by atoms with Crippen LogP contribution in [0.5, 0.6) is 0 Å². The summed E-state index contributed by atoms with van der Waals surface area (Å²) in [6.45, 7) is 1.46. The number of rotatable bonds is 6. The molecule has 0 fully saturated rings. The smallest absolute Gasteiger partial charge is 0.399 e. The van der Waals surface area contributed by atoms with E-state index in [0.717, 1.165) is 58.7 Å². The monoisotopic (exact) mass is 472 g/mol. The number of nitrogens with zero attached hydrogens (tertiary/aromatic N) is 1. The molecule has 176 valence electrons. The second kappa shape index (κ2) is 9.27. The summed E-state index contributed by atoms with van der Waals surface area (Å²) in [5.74, 6) is 0.531. The molecule has 5 rings (SSSR count). The summed E-state index contributed by atoms with van der Waals surface area (Å²) in [5.41, 5.74) is 11.9. The number of imidazole rings is 1. The minimum atomic E-state index is -4.39. The highest BCUT2D eigenvalue weighted by atomic mass is 19.4. The summed E-state index contributed by atoms with van der Waals surface area (Å²) in [4.78, 5) is 7.51. The number of hydrogen-bond donors (Lipinski definition) is 3. The van der Waals surface area contributed by atoms with E-state index >= 15 is 0 Å². The lowest BCUT2D eigenvalue weighted by Crippen LogP contribution is -2.12. The third-order valence-electron chi connectivity index (χ3n) is 5.84. The Morgan fingerprint density at radius 2 is 1.49 bits per heavy atom. The lowest BCUT2D eigenvalue weighted by atomic mass is 10.0. The van der Waals surface area contributed by atoms with Crippen LogP contribution in [0, 0.1) is 0 Å². The van der Waals surface area contributed by atoms with Gasteiger partial charge in [0.05, 0.1) is 16.6 Å². The molecule has 0 unspecified atom stereocenters. The van der Waals surface area contributed by atoms with Crippen molar-refractivity contribution in [1.29, 1.82) is 0 Å². The number of H-pyrrole nitrogens is 1. The Balaban J connectivity index is 1.30. The Labute approximate surface area is 200 Å². The molecule has 0 aliphatic rings.